The second-order valence-electron chi connectivity index (χ2n) is 6.94. The Morgan fingerprint density at radius 1 is 0.700 bits per heavy atom. The summed E-state index contributed by atoms with van der Waals surface area (Å²) in [4.78, 5) is 27.6. The molecule has 4 nitrogen and oxygen atoms in total. The van der Waals surface area contributed by atoms with Crippen LogP contribution in [0.1, 0.15) is 20.7 Å². The van der Waals surface area contributed by atoms with E-state index in [9.17, 15) is 9.59 Å². The molecule has 0 aliphatic heterocycles. The number of amides is 2. The minimum atomic E-state index is -0.146. The van der Waals surface area contributed by atoms with Crippen LogP contribution in [0, 0.1) is 0 Å². The lowest BCUT2D eigenvalue weighted by Crippen LogP contribution is -2.38. The number of carbonyl (C=O) groups is 2. The standard InChI is InChI=1S/C26H22N2O2/c29-25(24-17-9-13-20-10-7-8-16-23(20)24)27-18-19-28(22-14-5-2-6-15-22)26(30)21-11-3-1-4-12-21/h1-17H,18-19H2,(H,27,29). The fourth-order valence-electron chi connectivity index (χ4n) is 3.49. The molecule has 2 amide bonds. The minimum absolute atomic E-state index is 0.0961. The van der Waals surface area contributed by atoms with E-state index in [2.05, 4.69) is 5.32 Å². The predicted octanol–water partition coefficient (Wildman–Crippen LogP) is 4.92. The van der Waals surface area contributed by atoms with Gasteiger partial charge in [0.05, 0.1) is 0 Å². The van der Waals surface area contributed by atoms with Crippen molar-refractivity contribution < 1.29 is 9.59 Å². The largest absolute Gasteiger partial charge is 0.350 e. The van der Waals surface area contributed by atoms with Crippen molar-refractivity contribution in [3.63, 3.8) is 0 Å². The van der Waals surface area contributed by atoms with Gasteiger partial charge in [-0.05, 0) is 41.1 Å². The van der Waals surface area contributed by atoms with Crippen LogP contribution in [-0.2, 0) is 0 Å². The van der Waals surface area contributed by atoms with Crippen molar-refractivity contribution in [2.75, 3.05) is 18.0 Å². The van der Waals surface area contributed by atoms with Crippen LogP contribution in [0.2, 0.25) is 0 Å². The van der Waals surface area contributed by atoms with Gasteiger partial charge in [0.1, 0.15) is 0 Å². The number of para-hydroxylation sites is 1. The molecule has 0 spiro atoms. The zero-order valence-corrected chi connectivity index (χ0v) is 16.5. The van der Waals surface area contributed by atoms with Crippen molar-refractivity contribution >= 4 is 28.3 Å². The predicted molar refractivity (Wildman–Crippen MR) is 121 cm³/mol. The van der Waals surface area contributed by atoms with Crippen molar-refractivity contribution in [2.45, 2.75) is 0 Å². The highest BCUT2D eigenvalue weighted by atomic mass is 16.2. The Bertz CT molecular complexity index is 1150. The fraction of sp³-hybridized carbons (Fsp3) is 0.0769. The molecule has 30 heavy (non-hydrogen) atoms. The van der Waals surface area contributed by atoms with Crippen LogP contribution in [0.15, 0.2) is 103 Å². The Morgan fingerprint density at radius 2 is 1.33 bits per heavy atom. The Balaban J connectivity index is 1.50. The van der Waals surface area contributed by atoms with Crippen LogP contribution in [0.4, 0.5) is 5.69 Å². The average molecular weight is 394 g/mol. The van der Waals surface area contributed by atoms with Gasteiger partial charge in [-0.15, -0.1) is 0 Å². The summed E-state index contributed by atoms with van der Waals surface area (Å²) in [5.74, 6) is -0.242. The summed E-state index contributed by atoms with van der Waals surface area (Å²) in [7, 11) is 0. The SMILES string of the molecule is O=C(NCCN(C(=O)c1ccccc1)c1ccccc1)c1cccc2ccccc12. The second kappa shape index (κ2) is 9.05. The van der Waals surface area contributed by atoms with Crippen molar-refractivity contribution in [3.05, 3.63) is 114 Å². The summed E-state index contributed by atoms with van der Waals surface area (Å²) in [5, 5.41) is 4.90. The minimum Gasteiger partial charge on any atom is -0.350 e. The Kier molecular flexibility index (Phi) is 5.85. The van der Waals surface area contributed by atoms with E-state index in [1.54, 1.807) is 17.0 Å². The molecule has 0 saturated carbocycles. The maximum atomic E-state index is 13.1. The third kappa shape index (κ3) is 4.23. The molecule has 0 aliphatic carbocycles. The van der Waals surface area contributed by atoms with Crippen LogP contribution in [0.25, 0.3) is 10.8 Å². The van der Waals surface area contributed by atoms with Gasteiger partial charge in [0.15, 0.2) is 0 Å². The first-order valence-corrected chi connectivity index (χ1v) is 9.92. The molecule has 4 aromatic rings. The summed E-state index contributed by atoms with van der Waals surface area (Å²) in [6.45, 7) is 0.712. The molecule has 148 valence electrons. The molecule has 4 rings (SSSR count). The van der Waals surface area contributed by atoms with Gasteiger partial charge in [0, 0.05) is 29.9 Å². The quantitative estimate of drug-likeness (QED) is 0.505. The summed E-state index contributed by atoms with van der Waals surface area (Å²) in [6, 6.07) is 32.2. The van der Waals surface area contributed by atoms with E-state index in [0.717, 1.165) is 16.5 Å². The number of hydrogen-bond donors (Lipinski definition) is 1. The number of nitrogens with one attached hydrogen (secondary N) is 1. The third-order valence-corrected chi connectivity index (χ3v) is 4.99. The first-order chi connectivity index (χ1) is 14.7. The smallest absolute Gasteiger partial charge is 0.258 e. The molecule has 0 fully saturated rings. The van der Waals surface area contributed by atoms with E-state index in [0.29, 0.717) is 24.2 Å². The number of anilines is 1. The molecule has 0 unspecified atom stereocenters. The Labute approximate surface area is 175 Å². The Morgan fingerprint density at radius 3 is 2.10 bits per heavy atom. The molecule has 0 aromatic heterocycles. The average Bonchev–Trinajstić information content (AvgIpc) is 2.82. The van der Waals surface area contributed by atoms with Crippen LogP contribution in [0.5, 0.6) is 0 Å². The molecule has 0 saturated heterocycles. The maximum Gasteiger partial charge on any atom is 0.258 e. The molecule has 4 aromatic carbocycles. The molecule has 0 radical (unpaired) electrons. The lowest BCUT2D eigenvalue weighted by molar-refractivity contribution is 0.0944. The Hall–Kier alpha value is -3.92. The van der Waals surface area contributed by atoms with Crippen LogP contribution in [-0.4, -0.2) is 24.9 Å². The van der Waals surface area contributed by atoms with Crippen LogP contribution < -0.4 is 10.2 Å². The molecule has 0 heterocycles. The molecule has 4 heteroatoms. The van der Waals surface area contributed by atoms with E-state index >= 15 is 0 Å². The van der Waals surface area contributed by atoms with E-state index < -0.39 is 0 Å². The topological polar surface area (TPSA) is 49.4 Å². The van der Waals surface area contributed by atoms with Crippen LogP contribution in [0.3, 0.4) is 0 Å². The van der Waals surface area contributed by atoms with Gasteiger partial charge < -0.3 is 10.2 Å². The fourth-order valence-corrected chi connectivity index (χ4v) is 3.49. The highest BCUT2D eigenvalue weighted by Gasteiger charge is 2.18. The first kappa shape index (κ1) is 19.4. The van der Waals surface area contributed by atoms with Crippen molar-refractivity contribution in [3.8, 4) is 0 Å². The van der Waals surface area contributed by atoms with Gasteiger partial charge in [0.25, 0.3) is 11.8 Å². The molecule has 0 bridgehead atoms. The summed E-state index contributed by atoms with van der Waals surface area (Å²) >= 11 is 0. The summed E-state index contributed by atoms with van der Waals surface area (Å²) < 4.78 is 0. The number of nitrogens with zero attached hydrogens (tertiary/aromatic N) is 1. The van der Waals surface area contributed by atoms with E-state index in [-0.39, 0.29) is 11.8 Å². The molecule has 0 atom stereocenters. The van der Waals surface area contributed by atoms with Gasteiger partial charge in [-0.2, -0.15) is 0 Å². The lowest BCUT2D eigenvalue weighted by atomic mass is 10.0. The third-order valence-electron chi connectivity index (χ3n) is 4.99. The lowest BCUT2D eigenvalue weighted by Gasteiger charge is -2.23. The van der Waals surface area contributed by atoms with Gasteiger partial charge >= 0.3 is 0 Å². The maximum absolute atomic E-state index is 13.1. The summed E-state index contributed by atoms with van der Waals surface area (Å²) in [5.41, 5.74) is 2.04. The zero-order valence-electron chi connectivity index (χ0n) is 16.5. The van der Waals surface area contributed by atoms with Crippen molar-refractivity contribution in [2.24, 2.45) is 0 Å². The molecule has 0 aliphatic rings. The number of rotatable bonds is 6. The van der Waals surface area contributed by atoms with E-state index in [1.165, 1.54) is 0 Å². The normalized spacial score (nSPS) is 10.5. The highest BCUT2D eigenvalue weighted by molar-refractivity contribution is 6.07. The summed E-state index contributed by atoms with van der Waals surface area (Å²) in [6.07, 6.45) is 0. The van der Waals surface area contributed by atoms with Crippen molar-refractivity contribution in [1.29, 1.82) is 0 Å². The number of hydrogen-bond acceptors (Lipinski definition) is 2. The van der Waals surface area contributed by atoms with Crippen molar-refractivity contribution in [1.82, 2.24) is 5.32 Å². The van der Waals surface area contributed by atoms with Gasteiger partial charge in [-0.3, -0.25) is 9.59 Å². The number of benzene rings is 4. The van der Waals surface area contributed by atoms with Gasteiger partial charge in [-0.25, -0.2) is 0 Å². The number of carbonyl (C=O) groups excluding carboxylic acids is 2. The van der Waals surface area contributed by atoms with Gasteiger partial charge in [0.2, 0.25) is 0 Å². The molecular formula is C26H22N2O2. The molecular weight excluding hydrogens is 372 g/mol. The van der Waals surface area contributed by atoms with E-state index in [4.69, 9.17) is 0 Å². The zero-order chi connectivity index (χ0) is 20.8. The molecule has 1 N–H and O–H groups in total. The second-order valence-corrected chi connectivity index (χ2v) is 6.94. The highest BCUT2D eigenvalue weighted by Crippen LogP contribution is 2.19. The number of fused-ring (bicyclic) bond motifs is 1. The van der Waals surface area contributed by atoms with Gasteiger partial charge in [-0.1, -0.05) is 72.8 Å². The van der Waals surface area contributed by atoms with Crippen LogP contribution >= 0.6 is 0 Å². The first-order valence-electron chi connectivity index (χ1n) is 9.92. The monoisotopic (exact) mass is 394 g/mol. The van der Waals surface area contributed by atoms with E-state index in [1.807, 2.05) is 91.0 Å².